The molecular formula is C22H30ClF2N3O3. The molecule has 1 atom stereocenters. The van der Waals surface area contributed by atoms with E-state index in [1.165, 1.54) is 0 Å². The number of carbonyl (C=O) groups excluding carboxylic acids is 2. The number of amides is 2. The van der Waals surface area contributed by atoms with Crippen LogP contribution in [0.5, 0.6) is 0 Å². The number of anilines is 1. The Hall–Kier alpha value is -1.77. The van der Waals surface area contributed by atoms with E-state index in [4.69, 9.17) is 11.6 Å². The van der Waals surface area contributed by atoms with E-state index in [1.807, 2.05) is 17.9 Å². The van der Waals surface area contributed by atoms with Crippen molar-refractivity contribution >= 4 is 29.1 Å². The maximum absolute atomic E-state index is 12.8. The molecule has 3 rings (SSSR count). The highest BCUT2D eigenvalue weighted by Crippen LogP contribution is 2.29. The van der Waals surface area contributed by atoms with E-state index in [0.29, 0.717) is 29.7 Å². The lowest BCUT2D eigenvalue weighted by Gasteiger charge is -2.41. The summed E-state index contributed by atoms with van der Waals surface area (Å²) in [5.74, 6) is -0.187. The maximum atomic E-state index is 12.8. The second-order valence-corrected chi connectivity index (χ2v) is 8.89. The molecule has 0 spiro atoms. The number of hydrogen-bond donors (Lipinski definition) is 1. The van der Waals surface area contributed by atoms with Crippen molar-refractivity contribution in [2.75, 3.05) is 31.6 Å². The smallest absolute Gasteiger partial charge is 0.337 e. The predicted octanol–water partition coefficient (Wildman–Crippen LogP) is 4.05. The quantitative estimate of drug-likeness (QED) is 0.671. The summed E-state index contributed by atoms with van der Waals surface area (Å²) in [6.07, 6.45) is 4.30. The van der Waals surface area contributed by atoms with Crippen molar-refractivity contribution < 1.29 is 23.1 Å². The molecule has 2 amide bonds. The zero-order valence-corrected chi connectivity index (χ0v) is 18.8. The summed E-state index contributed by atoms with van der Waals surface area (Å²) in [4.78, 5) is 29.0. The molecule has 2 fully saturated rings. The van der Waals surface area contributed by atoms with Crippen LogP contribution in [0.15, 0.2) is 12.1 Å². The van der Waals surface area contributed by atoms with E-state index in [9.17, 15) is 18.4 Å². The predicted molar refractivity (Wildman–Crippen MR) is 115 cm³/mol. The third-order valence-corrected chi connectivity index (χ3v) is 6.41. The number of rotatable bonds is 7. The average Bonchev–Trinajstić information content (AvgIpc) is 3.24. The van der Waals surface area contributed by atoms with Crippen molar-refractivity contribution in [1.29, 1.82) is 0 Å². The SMILES string of the molecule is Cc1c(CN2CCN(C(=O)C3CCCC3)[C@@H](C)C2)cc(Cl)cc1NC(=O)COC(F)F. The third-order valence-electron chi connectivity index (χ3n) is 6.19. The van der Waals surface area contributed by atoms with Gasteiger partial charge in [-0.15, -0.1) is 0 Å². The normalized spacial score (nSPS) is 20.5. The Balaban J connectivity index is 1.61. The molecule has 1 aromatic rings. The number of carbonyl (C=O) groups is 2. The first-order chi connectivity index (χ1) is 14.7. The van der Waals surface area contributed by atoms with Gasteiger partial charge in [0.1, 0.15) is 6.61 Å². The zero-order valence-electron chi connectivity index (χ0n) is 18.0. The van der Waals surface area contributed by atoms with Crippen LogP contribution in [0.25, 0.3) is 0 Å². The molecule has 172 valence electrons. The number of alkyl halides is 2. The number of benzene rings is 1. The van der Waals surface area contributed by atoms with E-state index in [2.05, 4.69) is 21.9 Å². The first-order valence-corrected chi connectivity index (χ1v) is 11.1. The molecule has 1 saturated carbocycles. The van der Waals surface area contributed by atoms with Gasteiger partial charge in [0.2, 0.25) is 5.91 Å². The molecule has 31 heavy (non-hydrogen) atoms. The van der Waals surface area contributed by atoms with Gasteiger partial charge in [-0.3, -0.25) is 14.5 Å². The minimum Gasteiger partial charge on any atom is -0.337 e. The first-order valence-electron chi connectivity index (χ1n) is 10.8. The van der Waals surface area contributed by atoms with Gasteiger partial charge in [0.25, 0.3) is 5.91 Å². The largest absolute Gasteiger partial charge is 0.345 e. The van der Waals surface area contributed by atoms with Gasteiger partial charge in [-0.2, -0.15) is 8.78 Å². The third kappa shape index (κ3) is 6.37. The summed E-state index contributed by atoms with van der Waals surface area (Å²) < 4.78 is 28.3. The van der Waals surface area contributed by atoms with Crippen LogP contribution < -0.4 is 5.32 Å². The minimum atomic E-state index is -3.00. The van der Waals surface area contributed by atoms with Crippen LogP contribution in [-0.2, 0) is 20.9 Å². The summed E-state index contributed by atoms with van der Waals surface area (Å²) in [5.41, 5.74) is 2.25. The van der Waals surface area contributed by atoms with E-state index in [1.54, 1.807) is 6.07 Å². The van der Waals surface area contributed by atoms with Crippen molar-refractivity contribution in [3.8, 4) is 0 Å². The van der Waals surface area contributed by atoms with Crippen molar-refractivity contribution in [2.45, 2.75) is 58.7 Å². The van der Waals surface area contributed by atoms with Gasteiger partial charge in [0.15, 0.2) is 0 Å². The second kappa shape index (κ2) is 10.7. The zero-order chi connectivity index (χ0) is 22.5. The Morgan fingerprint density at radius 3 is 2.61 bits per heavy atom. The van der Waals surface area contributed by atoms with Gasteiger partial charge < -0.3 is 15.0 Å². The summed E-state index contributed by atoms with van der Waals surface area (Å²) >= 11 is 6.24. The van der Waals surface area contributed by atoms with E-state index < -0.39 is 19.1 Å². The van der Waals surface area contributed by atoms with Crippen LogP contribution in [0.3, 0.4) is 0 Å². The summed E-state index contributed by atoms with van der Waals surface area (Å²) in [6, 6.07) is 3.58. The highest BCUT2D eigenvalue weighted by atomic mass is 35.5. The number of nitrogens with zero attached hydrogens (tertiary/aromatic N) is 2. The molecule has 0 bridgehead atoms. The monoisotopic (exact) mass is 457 g/mol. The summed E-state index contributed by atoms with van der Waals surface area (Å²) in [7, 11) is 0. The lowest BCUT2D eigenvalue weighted by molar-refractivity contribution is -0.148. The topological polar surface area (TPSA) is 61.9 Å². The highest BCUT2D eigenvalue weighted by molar-refractivity contribution is 6.31. The number of halogens is 3. The Labute approximate surface area is 186 Å². The molecule has 0 radical (unpaired) electrons. The number of nitrogens with one attached hydrogen (secondary N) is 1. The van der Waals surface area contributed by atoms with Crippen LogP contribution in [0.2, 0.25) is 5.02 Å². The van der Waals surface area contributed by atoms with Crippen molar-refractivity contribution in [3.05, 3.63) is 28.3 Å². The Kier molecular flexibility index (Phi) is 8.24. The number of hydrogen-bond acceptors (Lipinski definition) is 4. The summed E-state index contributed by atoms with van der Waals surface area (Å²) in [6.45, 7) is 3.06. The van der Waals surface area contributed by atoms with Gasteiger partial charge in [0, 0.05) is 48.8 Å². The number of ether oxygens (including phenoxy) is 1. The van der Waals surface area contributed by atoms with Crippen molar-refractivity contribution in [3.63, 3.8) is 0 Å². The number of piperazine rings is 1. The van der Waals surface area contributed by atoms with Gasteiger partial charge in [-0.05, 0) is 49.9 Å². The molecule has 1 heterocycles. The molecule has 1 N–H and O–H groups in total. The fraction of sp³-hybridized carbons (Fsp3) is 0.636. The minimum absolute atomic E-state index is 0.131. The van der Waals surface area contributed by atoms with Gasteiger partial charge in [-0.1, -0.05) is 24.4 Å². The molecule has 0 unspecified atom stereocenters. The molecule has 0 aromatic heterocycles. The molecule has 2 aliphatic rings. The maximum Gasteiger partial charge on any atom is 0.345 e. The molecule has 6 nitrogen and oxygen atoms in total. The Morgan fingerprint density at radius 2 is 1.97 bits per heavy atom. The Bertz CT molecular complexity index is 802. The Morgan fingerprint density at radius 1 is 1.26 bits per heavy atom. The molecule has 1 aromatic carbocycles. The first kappa shape index (κ1) is 23.9. The summed E-state index contributed by atoms with van der Waals surface area (Å²) in [5, 5.41) is 3.05. The van der Waals surface area contributed by atoms with Gasteiger partial charge in [0.05, 0.1) is 0 Å². The van der Waals surface area contributed by atoms with E-state index >= 15 is 0 Å². The van der Waals surface area contributed by atoms with Crippen LogP contribution >= 0.6 is 11.6 Å². The standard InChI is InChI=1S/C22H30ClF2N3O3/c1-14-11-27(7-8-28(14)21(30)16-5-3-4-6-16)12-17-9-18(23)10-19(15(17)2)26-20(29)13-31-22(24)25/h9-10,14,16,22H,3-8,11-13H2,1-2H3,(H,26,29)/t14-/m0/s1. The molecule has 1 aliphatic carbocycles. The second-order valence-electron chi connectivity index (χ2n) is 8.45. The highest BCUT2D eigenvalue weighted by Gasteiger charge is 2.33. The van der Waals surface area contributed by atoms with Crippen LogP contribution in [0.1, 0.15) is 43.7 Å². The van der Waals surface area contributed by atoms with Gasteiger partial charge >= 0.3 is 6.61 Å². The van der Waals surface area contributed by atoms with Crippen molar-refractivity contribution in [1.82, 2.24) is 9.80 Å². The van der Waals surface area contributed by atoms with Gasteiger partial charge in [-0.25, -0.2) is 0 Å². The fourth-order valence-electron chi connectivity index (χ4n) is 4.51. The van der Waals surface area contributed by atoms with Crippen LogP contribution in [0.4, 0.5) is 14.5 Å². The molecular weight excluding hydrogens is 428 g/mol. The van der Waals surface area contributed by atoms with Crippen LogP contribution in [0, 0.1) is 12.8 Å². The molecule has 9 heteroatoms. The van der Waals surface area contributed by atoms with Crippen molar-refractivity contribution in [2.24, 2.45) is 5.92 Å². The molecule has 1 saturated heterocycles. The lowest BCUT2D eigenvalue weighted by Crippen LogP contribution is -2.54. The molecule has 1 aliphatic heterocycles. The van der Waals surface area contributed by atoms with Crippen LogP contribution in [-0.4, -0.2) is 60.5 Å². The fourth-order valence-corrected chi connectivity index (χ4v) is 4.75. The lowest BCUT2D eigenvalue weighted by atomic mass is 10.0. The van der Waals surface area contributed by atoms with E-state index in [-0.39, 0.29) is 12.0 Å². The average molecular weight is 458 g/mol. The van der Waals surface area contributed by atoms with E-state index in [0.717, 1.165) is 49.9 Å².